The van der Waals surface area contributed by atoms with E-state index >= 15 is 0 Å². The number of carbonyl (C=O) groups is 1. The predicted molar refractivity (Wildman–Crippen MR) is 99.0 cm³/mol. The van der Waals surface area contributed by atoms with Crippen LogP contribution in [0.2, 0.25) is 0 Å². The molecule has 1 aromatic carbocycles. The van der Waals surface area contributed by atoms with Gasteiger partial charge in [-0.3, -0.25) is 9.69 Å². The zero-order chi connectivity index (χ0) is 17.6. The summed E-state index contributed by atoms with van der Waals surface area (Å²) in [5.74, 6) is 1.47. The minimum absolute atomic E-state index is 0.0651. The second-order valence-corrected chi connectivity index (χ2v) is 6.60. The van der Waals surface area contributed by atoms with E-state index in [0.29, 0.717) is 17.5 Å². The summed E-state index contributed by atoms with van der Waals surface area (Å²) in [4.78, 5) is 14.3. The Morgan fingerprint density at radius 1 is 1.32 bits per heavy atom. The molecule has 1 atom stereocenters. The van der Waals surface area contributed by atoms with Crippen LogP contribution in [0.1, 0.15) is 24.7 Å². The van der Waals surface area contributed by atoms with E-state index in [1.807, 2.05) is 31.2 Å². The van der Waals surface area contributed by atoms with Crippen molar-refractivity contribution < 1.29 is 13.9 Å². The van der Waals surface area contributed by atoms with E-state index in [9.17, 15) is 4.79 Å². The second kappa shape index (κ2) is 8.02. The number of hydrogen-bond donors (Lipinski definition) is 0. The summed E-state index contributed by atoms with van der Waals surface area (Å²) in [5.41, 5.74) is 1.01. The van der Waals surface area contributed by atoms with Gasteiger partial charge in [-0.1, -0.05) is 30.8 Å². The highest BCUT2D eigenvalue weighted by atomic mass is 32.2. The first-order valence-electron chi connectivity index (χ1n) is 7.96. The van der Waals surface area contributed by atoms with Crippen molar-refractivity contribution in [3.05, 3.63) is 54.0 Å². The van der Waals surface area contributed by atoms with Crippen LogP contribution in [-0.2, 0) is 11.3 Å². The number of methoxy groups -OCH3 is 1. The average Bonchev–Trinajstić information content (AvgIpc) is 3.25. The first-order valence-corrected chi connectivity index (χ1v) is 8.84. The molecule has 2 heterocycles. The summed E-state index contributed by atoms with van der Waals surface area (Å²) in [5, 5.41) is 8.77. The number of thioether (sulfide) groups is 1. The van der Waals surface area contributed by atoms with Gasteiger partial charge in [0.15, 0.2) is 5.17 Å². The van der Waals surface area contributed by atoms with Crippen molar-refractivity contribution in [2.24, 2.45) is 10.2 Å². The topological polar surface area (TPSA) is 67.4 Å². The van der Waals surface area contributed by atoms with E-state index < -0.39 is 0 Å². The van der Waals surface area contributed by atoms with Gasteiger partial charge in [-0.15, -0.1) is 5.10 Å². The van der Waals surface area contributed by atoms with Crippen LogP contribution in [0.4, 0.5) is 0 Å². The van der Waals surface area contributed by atoms with Crippen molar-refractivity contribution in [2.75, 3.05) is 7.11 Å². The van der Waals surface area contributed by atoms with Crippen LogP contribution in [0.25, 0.3) is 0 Å². The molecule has 0 radical (unpaired) electrons. The quantitative estimate of drug-likeness (QED) is 0.586. The number of ether oxygens (including phenoxy) is 1. The lowest BCUT2D eigenvalue weighted by molar-refractivity contribution is -0.126. The van der Waals surface area contributed by atoms with Crippen molar-refractivity contribution in [1.82, 2.24) is 4.90 Å². The lowest BCUT2D eigenvalue weighted by Crippen LogP contribution is -2.31. The van der Waals surface area contributed by atoms with Crippen molar-refractivity contribution in [2.45, 2.75) is 25.1 Å². The van der Waals surface area contributed by atoms with Gasteiger partial charge in [0.2, 0.25) is 5.91 Å². The van der Waals surface area contributed by atoms with Gasteiger partial charge in [0, 0.05) is 0 Å². The molecule has 130 valence electrons. The fourth-order valence-corrected chi connectivity index (χ4v) is 3.43. The molecular weight excluding hydrogens is 338 g/mol. The minimum Gasteiger partial charge on any atom is -0.497 e. The molecule has 25 heavy (non-hydrogen) atoms. The first kappa shape index (κ1) is 17.3. The Hall–Kier alpha value is -2.54. The monoisotopic (exact) mass is 357 g/mol. The minimum atomic E-state index is -0.115. The fraction of sp³-hybridized carbons (Fsp3) is 0.278. The molecular formula is C18H19N3O3S. The average molecular weight is 357 g/mol. The van der Waals surface area contributed by atoms with Crippen LogP contribution in [0.15, 0.2) is 57.3 Å². The molecule has 1 aliphatic heterocycles. The Kier molecular flexibility index (Phi) is 5.55. The van der Waals surface area contributed by atoms with E-state index in [2.05, 4.69) is 10.2 Å². The van der Waals surface area contributed by atoms with Gasteiger partial charge in [-0.2, -0.15) is 5.10 Å². The molecule has 0 spiro atoms. The summed E-state index contributed by atoms with van der Waals surface area (Å²) in [6.07, 6.45) is 3.86. The highest BCUT2D eigenvalue weighted by Gasteiger charge is 2.36. The number of furan rings is 1. The molecule has 0 N–H and O–H groups in total. The van der Waals surface area contributed by atoms with Crippen LogP contribution in [0, 0.1) is 0 Å². The standard InChI is InChI=1S/C18H19N3O3S/c1-3-16-17(22)21(12-13-6-8-14(23-2)9-7-13)18(25-16)20-19-11-15-5-4-10-24-15/h4-11,16H,3,12H2,1-2H3. The largest absolute Gasteiger partial charge is 0.497 e. The lowest BCUT2D eigenvalue weighted by atomic mass is 10.2. The number of amidine groups is 1. The number of carbonyl (C=O) groups excluding carboxylic acids is 1. The fourth-order valence-electron chi connectivity index (χ4n) is 2.40. The van der Waals surface area contributed by atoms with Gasteiger partial charge in [-0.25, -0.2) is 0 Å². The van der Waals surface area contributed by atoms with E-state index in [4.69, 9.17) is 9.15 Å². The van der Waals surface area contributed by atoms with Crippen LogP contribution in [0.3, 0.4) is 0 Å². The van der Waals surface area contributed by atoms with Crippen LogP contribution in [-0.4, -0.2) is 34.5 Å². The summed E-state index contributed by atoms with van der Waals surface area (Å²) >= 11 is 1.45. The van der Waals surface area contributed by atoms with Crippen molar-refractivity contribution in [3.63, 3.8) is 0 Å². The Morgan fingerprint density at radius 3 is 2.76 bits per heavy atom. The molecule has 1 fully saturated rings. The highest BCUT2D eigenvalue weighted by molar-refractivity contribution is 8.15. The normalized spacial score (nSPS) is 19.3. The Morgan fingerprint density at radius 2 is 2.12 bits per heavy atom. The summed E-state index contributed by atoms with van der Waals surface area (Å²) in [6, 6.07) is 11.2. The molecule has 7 heteroatoms. The van der Waals surface area contributed by atoms with E-state index in [1.165, 1.54) is 18.0 Å². The summed E-state index contributed by atoms with van der Waals surface area (Å²) in [6.45, 7) is 2.46. The SMILES string of the molecule is CCC1SC(=NN=Cc2ccco2)N(Cc2ccc(OC)cc2)C1=O. The Bertz CT molecular complexity index is 769. The molecule has 0 aliphatic carbocycles. The van der Waals surface area contributed by atoms with Crippen LogP contribution in [0.5, 0.6) is 5.75 Å². The van der Waals surface area contributed by atoms with Crippen LogP contribution < -0.4 is 4.74 Å². The lowest BCUT2D eigenvalue weighted by Gasteiger charge is -2.16. The highest BCUT2D eigenvalue weighted by Crippen LogP contribution is 2.31. The first-order chi connectivity index (χ1) is 12.2. The summed E-state index contributed by atoms with van der Waals surface area (Å²) in [7, 11) is 1.63. The van der Waals surface area contributed by atoms with E-state index in [-0.39, 0.29) is 11.2 Å². The third kappa shape index (κ3) is 4.11. The maximum absolute atomic E-state index is 12.6. The maximum atomic E-state index is 12.6. The number of nitrogens with zero attached hydrogens (tertiary/aromatic N) is 3. The smallest absolute Gasteiger partial charge is 0.242 e. The molecule has 1 saturated heterocycles. The molecule has 1 amide bonds. The number of hydrogen-bond acceptors (Lipinski definition) is 6. The molecule has 0 bridgehead atoms. The Labute approximate surface area is 150 Å². The maximum Gasteiger partial charge on any atom is 0.242 e. The third-order valence-electron chi connectivity index (χ3n) is 3.76. The van der Waals surface area contributed by atoms with Gasteiger partial charge in [0.25, 0.3) is 0 Å². The zero-order valence-corrected chi connectivity index (χ0v) is 14.9. The number of amides is 1. The molecule has 6 nitrogen and oxygen atoms in total. The van der Waals surface area contributed by atoms with Crippen molar-refractivity contribution in [3.8, 4) is 5.75 Å². The van der Waals surface area contributed by atoms with Gasteiger partial charge in [0.05, 0.1) is 31.4 Å². The second-order valence-electron chi connectivity index (χ2n) is 5.43. The van der Waals surface area contributed by atoms with Gasteiger partial charge in [-0.05, 0) is 36.2 Å². The molecule has 1 aromatic heterocycles. The van der Waals surface area contributed by atoms with Crippen molar-refractivity contribution in [1.29, 1.82) is 0 Å². The molecule has 1 unspecified atom stereocenters. The molecule has 2 aromatic rings. The van der Waals surface area contributed by atoms with E-state index in [0.717, 1.165) is 17.7 Å². The van der Waals surface area contributed by atoms with Gasteiger partial charge >= 0.3 is 0 Å². The van der Waals surface area contributed by atoms with E-state index in [1.54, 1.807) is 30.4 Å². The predicted octanol–water partition coefficient (Wildman–Crippen LogP) is 3.53. The molecule has 1 aliphatic rings. The number of benzene rings is 1. The van der Waals surface area contributed by atoms with Gasteiger partial charge < -0.3 is 9.15 Å². The van der Waals surface area contributed by atoms with Crippen LogP contribution >= 0.6 is 11.8 Å². The zero-order valence-electron chi connectivity index (χ0n) is 14.1. The Balaban J connectivity index is 1.78. The third-order valence-corrected chi connectivity index (χ3v) is 5.09. The van der Waals surface area contributed by atoms with Gasteiger partial charge in [0.1, 0.15) is 11.5 Å². The number of rotatable bonds is 6. The van der Waals surface area contributed by atoms with Crippen molar-refractivity contribution >= 4 is 29.1 Å². The summed E-state index contributed by atoms with van der Waals surface area (Å²) < 4.78 is 10.4. The molecule has 3 rings (SSSR count). The molecule has 0 saturated carbocycles.